The lowest BCUT2D eigenvalue weighted by molar-refractivity contribution is -0.137. The molecule has 8 nitrogen and oxygen atoms in total. The highest BCUT2D eigenvalue weighted by Crippen LogP contribution is 2.32. The largest absolute Gasteiger partial charge is 0.497 e. The van der Waals surface area contributed by atoms with E-state index in [-0.39, 0.29) is 24.1 Å². The minimum atomic E-state index is -0.919. The average molecular weight is 571 g/mol. The molecule has 0 saturated carbocycles. The minimum absolute atomic E-state index is 0.0667. The highest BCUT2D eigenvalue weighted by atomic mass is 32.2. The summed E-state index contributed by atoms with van der Waals surface area (Å²) in [5.74, 6) is 0.526. The van der Waals surface area contributed by atoms with E-state index in [2.05, 4.69) is 15.3 Å². The summed E-state index contributed by atoms with van der Waals surface area (Å²) in [6, 6.07) is 23.4. The fourth-order valence-corrected chi connectivity index (χ4v) is 5.23. The molecule has 1 N–H and O–H groups in total. The number of anilines is 1. The summed E-state index contributed by atoms with van der Waals surface area (Å²) >= 11 is 1.26. The third-order valence-electron chi connectivity index (χ3n) is 6.42. The number of ether oxygens (including phenoxy) is 2. The Morgan fingerprint density at radius 3 is 2.20 bits per heavy atom. The van der Waals surface area contributed by atoms with Gasteiger partial charge >= 0.3 is 0 Å². The zero-order chi connectivity index (χ0) is 29.4. The Morgan fingerprint density at radius 1 is 0.878 bits per heavy atom. The number of methoxy groups -OCH3 is 2. The number of carbonyl (C=O) groups is 2. The summed E-state index contributed by atoms with van der Waals surface area (Å²) < 4.78 is 10.8. The molecule has 41 heavy (non-hydrogen) atoms. The van der Waals surface area contributed by atoms with Crippen molar-refractivity contribution in [1.29, 1.82) is 0 Å². The molecule has 212 valence electrons. The second-order valence-corrected chi connectivity index (χ2v) is 10.5. The number of benzene rings is 3. The standard InChI is InChI=1S/C32H34N4O4S/c1-21-11-13-24(14-12-21)19-36(29(37)20-41-32-33-22(2)17-23(3)34-32)30(25-9-7-6-8-10-25)31(38)35-27-16-15-26(39-4)18-28(27)40-5/h6-18,30H,19-20H2,1-5H3,(H,35,38). The number of hydrogen-bond donors (Lipinski definition) is 1. The fourth-order valence-electron chi connectivity index (χ4n) is 4.39. The molecule has 1 aromatic heterocycles. The predicted octanol–water partition coefficient (Wildman–Crippen LogP) is 5.92. The molecular weight excluding hydrogens is 536 g/mol. The van der Waals surface area contributed by atoms with Crippen LogP contribution in [0.1, 0.15) is 34.1 Å². The lowest BCUT2D eigenvalue weighted by Gasteiger charge is -2.32. The Hall–Kier alpha value is -4.37. The molecule has 1 atom stereocenters. The molecule has 0 bridgehead atoms. The van der Waals surface area contributed by atoms with Crippen molar-refractivity contribution in [1.82, 2.24) is 14.9 Å². The molecule has 0 radical (unpaired) electrons. The number of aryl methyl sites for hydroxylation is 3. The molecule has 3 aromatic carbocycles. The number of nitrogens with zero attached hydrogens (tertiary/aromatic N) is 3. The first-order valence-corrected chi connectivity index (χ1v) is 14.1. The molecule has 0 fully saturated rings. The van der Waals surface area contributed by atoms with Gasteiger partial charge in [-0.3, -0.25) is 9.59 Å². The van der Waals surface area contributed by atoms with Gasteiger partial charge in [-0.05, 0) is 50.1 Å². The number of hydrogen-bond acceptors (Lipinski definition) is 7. The van der Waals surface area contributed by atoms with E-state index in [1.807, 2.05) is 81.4 Å². The molecule has 0 aliphatic heterocycles. The third-order valence-corrected chi connectivity index (χ3v) is 7.25. The van der Waals surface area contributed by atoms with Crippen LogP contribution in [0.5, 0.6) is 11.5 Å². The topological polar surface area (TPSA) is 93.7 Å². The molecule has 0 aliphatic carbocycles. The Balaban J connectivity index is 1.70. The van der Waals surface area contributed by atoms with Gasteiger partial charge in [0.15, 0.2) is 5.16 Å². The molecule has 4 aromatic rings. The average Bonchev–Trinajstić information content (AvgIpc) is 2.97. The van der Waals surface area contributed by atoms with Gasteiger partial charge in [-0.25, -0.2) is 9.97 Å². The SMILES string of the molecule is COc1ccc(NC(=O)C(c2ccccc2)N(Cc2ccc(C)cc2)C(=O)CSc2nc(C)cc(C)n2)c(OC)c1. The lowest BCUT2D eigenvalue weighted by Crippen LogP contribution is -2.41. The van der Waals surface area contributed by atoms with Crippen molar-refractivity contribution in [2.75, 3.05) is 25.3 Å². The maximum absolute atomic E-state index is 14.1. The molecule has 4 rings (SSSR count). The van der Waals surface area contributed by atoms with Crippen LogP contribution in [0.4, 0.5) is 5.69 Å². The maximum Gasteiger partial charge on any atom is 0.251 e. The van der Waals surface area contributed by atoms with E-state index < -0.39 is 6.04 Å². The Morgan fingerprint density at radius 2 is 1.56 bits per heavy atom. The second kappa shape index (κ2) is 13.8. The van der Waals surface area contributed by atoms with Gasteiger partial charge in [0, 0.05) is 24.0 Å². The van der Waals surface area contributed by atoms with E-state index in [1.165, 1.54) is 18.9 Å². The summed E-state index contributed by atoms with van der Waals surface area (Å²) in [4.78, 5) is 38.6. The summed E-state index contributed by atoms with van der Waals surface area (Å²) in [7, 11) is 3.09. The number of thioether (sulfide) groups is 1. The van der Waals surface area contributed by atoms with E-state index in [0.717, 1.165) is 22.5 Å². The number of rotatable bonds is 11. The molecule has 0 saturated heterocycles. The summed E-state index contributed by atoms with van der Waals surface area (Å²) in [5, 5.41) is 3.51. The molecule has 9 heteroatoms. The van der Waals surface area contributed by atoms with Gasteiger partial charge in [0.1, 0.15) is 17.5 Å². The third kappa shape index (κ3) is 7.85. The van der Waals surface area contributed by atoms with Crippen LogP contribution in [0.15, 0.2) is 84.0 Å². The van der Waals surface area contributed by atoms with Crippen molar-refractivity contribution in [3.63, 3.8) is 0 Å². The Labute approximate surface area is 245 Å². The van der Waals surface area contributed by atoms with Crippen molar-refractivity contribution in [3.05, 3.63) is 107 Å². The highest BCUT2D eigenvalue weighted by molar-refractivity contribution is 7.99. The van der Waals surface area contributed by atoms with E-state index in [4.69, 9.17) is 9.47 Å². The van der Waals surface area contributed by atoms with Gasteiger partial charge in [0.05, 0.1) is 25.7 Å². The molecule has 1 heterocycles. The molecular formula is C32H34N4O4S. The number of aromatic nitrogens is 2. The van der Waals surface area contributed by atoms with Crippen molar-refractivity contribution in [2.24, 2.45) is 0 Å². The Bertz CT molecular complexity index is 1480. The van der Waals surface area contributed by atoms with Gasteiger partial charge in [-0.1, -0.05) is 71.9 Å². The quantitative estimate of drug-likeness (QED) is 0.177. The number of amides is 2. The van der Waals surface area contributed by atoms with Gasteiger partial charge in [0.25, 0.3) is 5.91 Å². The normalized spacial score (nSPS) is 11.4. The fraction of sp³-hybridized carbons (Fsp3) is 0.250. The summed E-state index contributed by atoms with van der Waals surface area (Å²) in [6.07, 6.45) is 0. The van der Waals surface area contributed by atoms with Gasteiger partial charge < -0.3 is 19.7 Å². The van der Waals surface area contributed by atoms with E-state index >= 15 is 0 Å². The first kappa shape index (κ1) is 29.6. The van der Waals surface area contributed by atoms with Crippen LogP contribution < -0.4 is 14.8 Å². The van der Waals surface area contributed by atoms with E-state index in [1.54, 1.807) is 30.2 Å². The monoisotopic (exact) mass is 570 g/mol. The van der Waals surface area contributed by atoms with Crippen LogP contribution in [0, 0.1) is 20.8 Å². The lowest BCUT2D eigenvalue weighted by atomic mass is 10.0. The first-order valence-electron chi connectivity index (χ1n) is 13.2. The van der Waals surface area contributed by atoms with Gasteiger partial charge in [0.2, 0.25) is 5.91 Å². The zero-order valence-corrected chi connectivity index (χ0v) is 24.7. The second-order valence-electron chi connectivity index (χ2n) is 9.60. The molecule has 0 spiro atoms. The van der Waals surface area contributed by atoms with Crippen LogP contribution >= 0.6 is 11.8 Å². The van der Waals surface area contributed by atoms with Crippen LogP contribution in [0.2, 0.25) is 0 Å². The van der Waals surface area contributed by atoms with Gasteiger partial charge in [-0.2, -0.15) is 0 Å². The van der Waals surface area contributed by atoms with Crippen molar-refractivity contribution in [3.8, 4) is 11.5 Å². The maximum atomic E-state index is 14.1. The van der Waals surface area contributed by atoms with Crippen molar-refractivity contribution in [2.45, 2.75) is 38.5 Å². The summed E-state index contributed by atoms with van der Waals surface area (Å²) in [5.41, 5.74) is 4.84. The molecule has 0 aliphatic rings. The number of carbonyl (C=O) groups excluding carboxylic acids is 2. The molecule has 2 amide bonds. The van der Waals surface area contributed by atoms with E-state index in [0.29, 0.717) is 27.9 Å². The highest BCUT2D eigenvalue weighted by Gasteiger charge is 2.32. The number of nitrogens with one attached hydrogen (secondary N) is 1. The van der Waals surface area contributed by atoms with Crippen molar-refractivity contribution >= 4 is 29.3 Å². The van der Waals surface area contributed by atoms with Crippen LogP contribution in [-0.4, -0.2) is 46.7 Å². The van der Waals surface area contributed by atoms with E-state index in [9.17, 15) is 9.59 Å². The zero-order valence-electron chi connectivity index (χ0n) is 23.9. The molecule has 1 unspecified atom stereocenters. The first-order chi connectivity index (χ1) is 19.8. The van der Waals surface area contributed by atoms with Crippen molar-refractivity contribution < 1.29 is 19.1 Å². The van der Waals surface area contributed by atoms with Crippen LogP contribution in [0.25, 0.3) is 0 Å². The Kier molecular flexibility index (Phi) is 9.97. The van der Waals surface area contributed by atoms with Crippen LogP contribution in [0.3, 0.4) is 0 Å². The smallest absolute Gasteiger partial charge is 0.251 e. The summed E-state index contributed by atoms with van der Waals surface area (Å²) in [6.45, 7) is 6.04. The van der Waals surface area contributed by atoms with Crippen LogP contribution in [-0.2, 0) is 16.1 Å². The predicted molar refractivity (Wildman–Crippen MR) is 161 cm³/mol. The minimum Gasteiger partial charge on any atom is -0.497 e. The van der Waals surface area contributed by atoms with Gasteiger partial charge in [-0.15, -0.1) is 0 Å².